The largest absolute Gasteiger partial charge is 0.478 e. The van der Waals surface area contributed by atoms with Crippen molar-refractivity contribution in [2.24, 2.45) is 5.92 Å². The highest BCUT2D eigenvalue weighted by Crippen LogP contribution is 2.23. The number of hydrogen-bond donors (Lipinski definition) is 2. The van der Waals surface area contributed by atoms with Gasteiger partial charge in [0.15, 0.2) is 0 Å². The average Bonchev–Trinajstić information content (AvgIpc) is 2.29. The molecule has 112 valence electrons. The first-order valence-electron chi connectivity index (χ1n) is 6.73. The molecule has 1 unspecified atom stereocenters. The Morgan fingerprint density at radius 1 is 1.40 bits per heavy atom. The molecule has 0 aliphatic heterocycles. The molecule has 1 rings (SSSR count). The van der Waals surface area contributed by atoms with E-state index in [0.29, 0.717) is 16.6 Å². The molecule has 1 atom stereocenters. The van der Waals surface area contributed by atoms with Crippen molar-refractivity contribution in [1.29, 1.82) is 0 Å². The number of carboxylic acids is 1. The molecule has 0 aliphatic rings. The third-order valence-corrected chi connectivity index (χ3v) is 3.15. The number of nitrogens with zero attached hydrogens (tertiary/aromatic N) is 1. The second-order valence-corrected chi connectivity index (χ2v) is 6.16. The number of carbonyl (C=O) groups is 1. The zero-order valence-corrected chi connectivity index (χ0v) is 13.2. The molecular weight excluding hydrogens is 276 g/mol. The number of halogens is 1. The van der Waals surface area contributed by atoms with Crippen LogP contribution in [0.1, 0.15) is 30.6 Å². The molecule has 2 N–H and O–H groups in total. The van der Waals surface area contributed by atoms with E-state index >= 15 is 0 Å². The van der Waals surface area contributed by atoms with Crippen LogP contribution >= 0.6 is 11.6 Å². The van der Waals surface area contributed by atoms with Crippen LogP contribution in [0.4, 0.5) is 5.69 Å². The van der Waals surface area contributed by atoms with Gasteiger partial charge in [-0.15, -0.1) is 0 Å². The fourth-order valence-corrected chi connectivity index (χ4v) is 2.40. The number of hydrogen-bond acceptors (Lipinski definition) is 3. The minimum atomic E-state index is -0.969. The van der Waals surface area contributed by atoms with E-state index in [1.165, 1.54) is 6.07 Å². The van der Waals surface area contributed by atoms with Gasteiger partial charge in [-0.3, -0.25) is 0 Å². The number of aromatic carboxylic acids is 1. The van der Waals surface area contributed by atoms with Crippen molar-refractivity contribution in [3.05, 3.63) is 28.8 Å². The maximum absolute atomic E-state index is 11.3. The second kappa shape index (κ2) is 7.50. The summed E-state index contributed by atoms with van der Waals surface area (Å²) < 4.78 is 0. The Morgan fingerprint density at radius 3 is 2.55 bits per heavy atom. The Bertz CT molecular complexity index is 451. The zero-order valence-electron chi connectivity index (χ0n) is 12.5. The van der Waals surface area contributed by atoms with Gasteiger partial charge in [0.2, 0.25) is 0 Å². The molecule has 0 saturated carbocycles. The number of anilines is 1. The lowest BCUT2D eigenvalue weighted by molar-refractivity contribution is 0.0698. The summed E-state index contributed by atoms with van der Waals surface area (Å²) in [5, 5.41) is 13.0. The maximum Gasteiger partial charge on any atom is 0.337 e. The molecular formula is C15H23ClN2O2. The number of rotatable bonds is 7. The van der Waals surface area contributed by atoms with E-state index in [9.17, 15) is 9.90 Å². The normalized spacial score (nSPS) is 12.8. The monoisotopic (exact) mass is 298 g/mol. The van der Waals surface area contributed by atoms with E-state index in [2.05, 4.69) is 24.1 Å². The summed E-state index contributed by atoms with van der Waals surface area (Å²) >= 11 is 5.87. The Hall–Kier alpha value is -1.26. The average molecular weight is 299 g/mol. The van der Waals surface area contributed by atoms with Crippen LogP contribution in [0.5, 0.6) is 0 Å². The standard InChI is InChI=1S/C15H23ClN2O2/c1-10(2)7-12(9-18(3)4)17-14-6-5-11(16)8-13(14)15(19)20/h5-6,8,10,12,17H,7,9H2,1-4H3,(H,19,20). The molecule has 0 heterocycles. The second-order valence-electron chi connectivity index (χ2n) is 5.73. The first-order valence-corrected chi connectivity index (χ1v) is 7.11. The van der Waals surface area contributed by atoms with Crippen LogP contribution in [0.3, 0.4) is 0 Å². The Labute approximate surface area is 125 Å². The predicted molar refractivity (Wildman–Crippen MR) is 83.8 cm³/mol. The van der Waals surface area contributed by atoms with Gasteiger partial charge < -0.3 is 15.3 Å². The molecule has 0 amide bonds. The topological polar surface area (TPSA) is 52.6 Å². The van der Waals surface area contributed by atoms with Gasteiger partial charge in [-0.2, -0.15) is 0 Å². The predicted octanol–water partition coefficient (Wildman–Crippen LogP) is 3.43. The summed E-state index contributed by atoms with van der Waals surface area (Å²) in [5.74, 6) is -0.434. The van der Waals surface area contributed by atoms with Crippen molar-refractivity contribution >= 4 is 23.3 Å². The van der Waals surface area contributed by atoms with Crippen LogP contribution in [0.2, 0.25) is 5.02 Å². The Morgan fingerprint density at radius 2 is 2.05 bits per heavy atom. The van der Waals surface area contributed by atoms with E-state index < -0.39 is 5.97 Å². The van der Waals surface area contributed by atoms with Gasteiger partial charge in [0.1, 0.15) is 0 Å². The fourth-order valence-electron chi connectivity index (χ4n) is 2.23. The summed E-state index contributed by atoms with van der Waals surface area (Å²) in [6, 6.07) is 5.12. The zero-order chi connectivity index (χ0) is 15.3. The molecule has 0 saturated heterocycles. The van der Waals surface area contributed by atoms with Gasteiger partial charge >= 0.3 is 5.97 Å². The van der Waals surface area contributed by atoms with Crippen LogP contribution in [0.25, 0.3) is 0 Å². The van der Waals surface area contributed by atoms with Gasteiger partial charge in [0.05, 0.1) is 5.56 Å². The van der Waals surface area contributed by atoms with Crippen molar-refractivity contribution in [3.63, 3.8) is 0 Å². The lowest BCUT2D eigenvalue weighted by Crippen LogP contribution is -2.34. The highest BCUT2D eigenvalue weighted by atomic mass is 35.5. The summed E-state index contributed by atoms with van der Waals surface area (Å²) in [5.41, 5.74) is 0.833. The van der Waals surface area contributed by atoms with Crippen molar-refractivity contribution in [3.8, 4) is 0 Å². The maximum atomic E-state index is 11.3. The van der Waals surface area contributed by atoms with E-state index in [1.807, 2.05) is 14.1 Å². The third-order valence-electron chi connectivity index (χ3n) is 2.91. The highest BCUT2D eigenvalue weighted by Gasteiger charge is 2.16. The SMILES string of the molecule is CC(C)CC(CN(C)C)Nc1ccc(Cl)cc1C(=O)O. The molecule has 20 heavy (non-hydrogen) atoms. The number of nitrogens with one attached hydrogen (secondary N) is 1. The minimum Gasteiger partial charge on any atom is -0.478 e. The lowest BCUT2D eigenvalue weighted by Gasteiger charge is -2.25. The number of benzene rings is 1. The molecule has 4 nitrogen and oxygen atoms in total. The summed E-state index contributed by atoms with van der Waals surface area (Å²) in [7, 11) is 4.02. The molecule has 0 spiro atoms. The smallest absolute Gasteiger partial charge is 0.337 e. The van der Waals surface area contributed by atoms with Crippen LogP contribution in [-0.2, 0) is 0 Å². The summed E-state index contributed by atoms with van der Waals surface area (Å²) in [6.07, 6.45) is 0.972. The van der Waals surface area contributed by atoms with Crippen molar-refractivity contribution in [2.75, 3.05) is 26.0 Å². The summed E-state index contributed by atoms with van der Waals surface area (Å²) in [4.78, 5) is 13.4. The molecule has 1 aromatic rings. The van der Waals surface area contributed by atoms with Gasteiger partial charge in [-0.1, -0.05) is 25.4 Å². The van der Waals surface area contributed by atoms with Crippen LogP contribution in [0, 0.1) is 5.92 Å². The molecule has 0 aliphatic carbocycles. The lowest BCUT2D eigenvalue weighted by atomic mass is 10.0. The minimum absolute atomic E-state index is 0.198. The van der Waals surface area contributed by atoms with Crippen molar-refractivity contribution in [1.82, 2.24) is 4.90 Å². The van der Waals surface area contributed by atoms with Crippen molar-refractivity contribution < 1.29 is 9.90 Å². The molecule has 0 radical (unpaired) electrons. The van der Waals surface area contributed by atoms with Crippen LogP contribution < -0.4 is 5.32 Å². The van der Waals surface area contributed by atoms with Gasteiger partial charge in [-0.25, -0.2) is 4.79 Å². The van der Waals surface area contributed by atoms with Gasteiger partial charge in [0.25, 0.3) is 0 Å². The molecule has 0 fully saturated rings. The van der Waals surface area contributed by atoms with Gasteiger partial charge in [-0.05, 0) is 44.6 Å². The number of carboxylic acid groups (broad SMARTS) is 1. The molecule has 1 aromatic carbocycles. The van der Waals surface area contributed by atoms with E-state index in [1.54, 1.807) is 12.1 Å². The Kier molecular flexibility index (Phi) is 6.30. The van der Waals surface area contributed by atoms with Crippen LogP contribution in [0.15, 0.2) is 18.2 Å². The van der Waals surface area contributed by atoms with Crippen molar-refractivity contribution in [2.45, 2.75) is 26.3 Å². The fraction of sp³-hybridized carbons (Fsp3) is 0.533. The van der Waals surface area contributed by atoms with E-state index in [4.69, 9.17) is 11.6 Å². The van der Waals surface area contributed by atoms with E-state index in [-0.39, 0.29) is 11.6 Å². The third kappa shape index (κ3) is 5.39. The quantitative estimate of drug-likeness (QED) is 0.810. The first-order chi connectivity index (χ1) is 9.29. The highest BCUT2D eigenvalue weighted by molar-refractivity contribution is 6.31. The molecule has 0 bridgehead atoms. The Balaban J connectivity index is 2.94. The van der Waals surface area contributed by atoms with E-state index in [0.717, 1.165) is 13.0 Å². The number of likely N-dealkylation sites (N-methyl/N-ethyl adjacent to an activating group) is 1. The first kappa shape index (κ1) is 16.8. The molecule has 0 aromatic heterocycles. The van der Waals surface area contributed by atoms with Gasteiger partial charge in [0, 0.05) is 23.3 Å². The molecule has 5 heteroatoms. The van der Waals surface area contributed by atoms with Crippen LogP contribution in [-0.4, -0.2) is 42.7 Å². The summed E-state index contributed by atoms with van der Waals surface area (Å²) in [6.45, 7) is 5.16.